The minimum Gasteiger partial charge on any atom is -0.311 e. The summed E-state index contributed by atoms with van der Waals surface area (Å²) >= 11 is 12.4. The number of nitrogens with one attached hydrogen (secondary N) is 1. The molecule has 0 amide bonds. The van der Waals surface area contributed by atoms with E-state index in [0.717, 1.165) is 17.5 Å². The van der Waals surface area contributed by atoms with E-state index in [-0.39, 0.29) is 11.0 Å². The molecule has 0 radical (unpaired) electrons. The molecule has 0 aliphatic heterocycles. The molecule has 0 saturated heterocycles. The second kappa shape index (κ2) is 5.27. The van der Waals surface area contributed by atoms with Gasteiger partial charge in [0.25, 0.3) is 0 Å². The summed E-state index contributed by atoms with van der Waals surface area (Å²) in [6.45, 7) is 9.85. The van der Waals surface area contributed by atoms with Crippen molar-refractivity contribution in [2.75, 3.05) is 6.54 Å². The summed E-state index contributed by atoms with van der Waals surface area (Å²) in [6.07, 6.45) is 2.42. The van der Waals surface area contributed by atoms with E-state index in [0.29, 0.717) is 5.02 Å². The highest BCUT2D eigenvalue weighted by atomic mass is 35.5. The Morgan fingerprint density at radius 2 is 2.00 bits per heavy atom. The zero-order valence-corrected chi connectivity index (χ0v) is 13.7. The van der Waals surface area contributed by atoms with Gasteiger partial charge < -0.3 is 5.32 Å². The maximum absolute atomic E-state index is 6.41. The van der Waals surface area contributed by atoms with Crippen molar-refractivity contribution in [3.63, 3.8) is 0 Å². The molecule has 1 aliphatic rings. The first-order chi connectivity index (χ1) is 8.78. The summed E-state index contributed by atoms with van der Waals surface area (Å²) < 4.78 is 0. The van der Waals surface area contributed by atoms with Gasteiger partial charge in [-0.2, -0.15) is 0 Å². The lowest BCUT2D eigenvalue weighted by molar-refractivity contribution is 0.388. The van der Waals surface area contributed by atoms with Crippen LogP contribution in [0.3, 0.4) is 0 Å². The smallest absolute Gasteiger partial charge is 0.0459 e. The van der Waals surface area contributed by atoms with Crippen LogP contribution in [0.25, 0.3) is 0 Å². The van der Waals surface area contributed by atoms with E-state index in [4.69, 9.17) is 23.2 Å². The predicted molar refractivity (Wildman–Crippen MR) is 84.3 cm³/mol. The molecule has 106 valence electrons. The molecule has 1 saturated carbocycles. The summed E-state index contributed by atoms with van der Waals surface area (Å²) in [6, 6.07) is 5.92. The molecule has 1 nitrogen and oxygen atoms in total. The van der Waals surface area contributed by atoms with Gasteiger partial charge in [0.1, 0.15) is 0 Å². The van der Waals surface area contributed by atoms with Crippen LogP contribution in [0.2, 0.25) is 10.0 Å². The second-order valence-electron chi connectivity index (χ2n) is 6.69. The summed E-state index contributed by atoms with van der Waals surface area (Å²) in [5.74, 6) is 0.723. The molecule has 0 spiro atoms. The minimum atomic E-state index is 0.132. The van der Waals surface area contributed by atoms with Gasteiger partial charge in [-0.05, 0) is 50.8 Å². The Bertz CT molecular complexity index is 464. The van der Waals surface area contributed by atoms with Gasteiger partial charge in [-0.3, -0.25) is 0 Å². The van der Waals surface area contributed by atoms with Gasteiger partial charge in [0, 0.05) is 27.5 Å². The zero-order chi connectivity index (χ0) is 14.3. The Labute approximate surface area is 126 Å². The van der Waals surface area contributed by atoms with Crippen LogP contribution in [0, 0.1) is 5.92 Å². The standard InChI is InChI=1S/C16H23Cl2N/c1-5-11-9-16(11,10-19-15(2,3)4)13-7-6-12(17)8-14(13)18/h6-8,11,19H,5,9-10H2,1-4H3. The van der Waals surface area contributed by atoms with Gasteiger partial charge in [0.15, 0.2) is 0 Å². The van der Waals surface area contributed by atoms with E-state index >= 15 is 0 Å². The van der Waals surface area contributed by atoms with Crippen molar-refractivity contribution in [2.24, 2.45) is 5.92 Å². The number of hydrogen-bond acceptors (Lipinski definition) is 1. The third kappa shape index (κ3) is 3.26. The molecule has 3 heteroatoms. The van der Waals surface area contributed by atoms with Crippen molar-refractivity contribution < 1.29 is 0 Å². The van der Waals surface area contributed by atoms with Gasteiger partial charge in [0.05, 0.1) is 0 Å². The molecule has 1 aromatic carbocycles. The summed E-state index contributed by atoms with van der Waals surface area (Å²) in [5, 5.41) is 5.15. The first-order valence-electron chi connectivity index (χ1n) is 6.99. The molecule has 2 rings (SSSR count). The van der Waals surface area contributed by atoms with Crippen LogP contribution in [0.15, 0.2) is 18.2 Å². The van der Waals surface area contributed by atoms with Gasteiger partial charge in [0.2, 0.25) is 0 Å². The van der Waals surface area contributed by atoms with E-state index in [9.17, 15) is 0 Å². The normalized spacial score (nSPS) is 26.5. The number of halogens is 2. The SMILES string of the molecule is CCC1CC1(CNC(C)(C)C)c1ccc(Cl)cc1Cl. The molecule has 2 unspecified atom stereocenters. The average molecular weight is 300 g/mol. The number of benzene rings is 1. The highest BCUT2D eigenvalue weighted by molar-refractivity contribution is 6.35. The fourth-order valence-corrected chi connectivity index (χ4v) is 3.47. The lowest BCUT2D eigenvalue weighted by Gasteiger charge is -2.27. The van der Waals surface area contributed by atoms with E-state index < -0.39 is 0 Å². The van der Waals surface area contributed by atoms with Crippen LogP contribution in [-0.2, 0) is 5.41 Å². The van der Waals surface area contributed by atoms with Gasteiger partial charge >= 0.3 is 0 Å². The quantitative estimate of drug-likeness (QED) is 0.820. The van der Waals surface area contributed by atoms with Gasteiger partial charge in [-0.15, -0.1) is 0 Å². The van der Waals surface area contributed by atoms with Crippen LogP contribution >= 0.6 is 23.2 Å². The first-order valence-corrected chi connectivity index (χ1v) is 7.74. The molecule has 1 fully saturated rings. The summed E-state index contributed by atoms with van der Waals surface area (Å²) in [4.78, 5) is 0. The van der Waals surface area contributed by atoms with E-state index in [1.165, 1.54) is 18.4 Å². The lowest BCUT2D eigenvalue weighted by atomic mass is 9.91. The second-order valence-corrected chi connectivity index (χ2v) is 7.54. The molecule has 1 aromatic rings. The van der Waals surface area contributed by atoms with Gasteiger partial charge in [-0.1, -0.05) is 42.6 Å². The number of hydrogen-bond donors (Lipinski definition) is 1. The minimum absolute atomic E-state index is 0.132. The monoisotopic (exact) mass is 299 g/mol. The Balaban J connectivity index is 2.25. The molecule has 0 aromatic heterocycles. The first kappa shape index (κ1) is 15.2. The van der Waals surface area contributed by atoms with Crippen LogP contribution in [-0.4, -0.2) is 12.1 Å². The molecule has 2 atom stereocenters. The van der Waals surface area contributed by atoms with Crippen LogP contribution in [0.1, 0.15) is 46.1 Å². The third-order valence-electron chi connectivity index (χ3n) is 4.13. The van der Waals surface area contributed by atoms with Crippen molar-refractivity contribution >= 4 is 23.2 Å². The highest BCUT2D eigenvalue weighted by Crippen LogP contribution is 2.57. The van der Waals surface area contributed by atoms with Crippen molar-refractivity contribution in [1.29, 1.82) is 0 Å². The number of rotatable bonds is 4. The van der Waals surface area contributed by atoms with Crippen LogP contribution < -0.4 is 5.32 Å². The maximum atomic E-state index is 6.41. The van der Waals surface area contributed by atoms with E-state index in [1.54, 1.807) is 0 Å². The van der Waals surface area contributed by atoms with Crippen molar-refractivity contribution in [2.45, 2.75) is 51.5 Å². The van der Waals surface area contributed by atoms with E-state index in [1.807, 2.05) is 12.1 Å². The average Bonchev–Trinajstić information content (AvgIpc) is 3.00. The molecular weight excluding hydrogens is 277 g/mol. The Morgan fingerprint density at radius 1 is 1.32 bits per heavy atom. The summed E-state index contributed by atoms with van der Waals surface area (Å²) in [5.41, 5.74) is 1.58. The Morgan fingerprint density at radius 3 is 2.47 bits per heavy atom. The van der Waals surface area contributed by atoms with Crippen molar-refractivity contribution in [3.8, 4) is 0 Å². The fraction of sp³-hybridized carbons (Fsp3) is 0.625. The fourth-order valence-electron chi connectivity index (χ4n) is 2.87. The molecule has 1 N–H and O–H groups in total. The zero-order valence-electron chi connectivity index (χ0n) is 12.2. The highest BCUT2D eigenvalue weighted by Gasteiger charge is 2.54. The maximum Gasteiger partial charge on any atom is 0.0459 e. The summed E-state index contributed by atoms with van der Waals surface area (Å²) in [7, 11) is 0. The van der Waals surface area contributed by atoms with Crippen molar-refractivity contribution in [3.05, 3.63) is 33.8 Å². The van der Waals surface area contributed by atoms with Crippen LogP contribution in [0.5, 0.6) is 0 Å². The van der Waals surface area contributed by atoms with Crippen molar-refractivity contribution in [1.82, 2.24) is 5.32 Å². The van der Waals surface area contributed by atoms with Gasteiger partial charge in [-0.25, -0.2) is 0 Å². The lowest BCUT2D eigenvalue weighted by Crippen LogP contribution is -2.41. The largest absolute Gasteiger partial charge is 0.311 e. The third-order valence-corrected chi connectivity index (χ3v) is 4.67. The predicted octanol–water partition coefficient (Wildman–Crippen LogP) is 5.05. The molecule has 0 bridgehead atoms. The molecule has 0 heterocycles. The molecule has 1 aliphatic carbocycles. The Kier molecular flexibility index (Phi) is 4.21. The van der Waals surface area contributed by atoms with Crippen LogP contribution in [0.4, 0.5) is 0 Å². The van der Waals surface area contributed by atoms with E-state index in [2.05, 4.69) is 39.1 Å². The molecular formula is C16H23Cl2N. The topological polar surface area (TPSA) is 12.0 Å². The molecule has 19 heavy (non-hydrogen) atoms. The Hall–Kier alpha value is -0.240.